The van der Waals surface area contributed by atoms with E-state index >= 15 is 0 Å². The predicted molar refractivity (Wildman–Crippen MR) is 51.3 cm³/mol. The van der Waals surface area contributed by atoms with Crippen LogP contribution < -0.4 is 5.32 Å². The van der Waals surface area contributed by atoms with Crippen molar-refractivity contribution in [3.8, 4) is 0 Å². The van der Waals surface area contributed by atoms with Crippen molar-refractivity contribution >= 4 is 11.1 Å². The number of oxazole rings is 1. The summed E-state index contributed by atoms with van der Waals surface area (Å²) in [7, 11) is 0. The van der Waals surface area contributed by atoms with Gasteiger partial charge in [-0.15, -0.1) is 0 Å². The van der Waals surface area contributed by atoms with E-state index in [0.29, 0.717) is 23.5 Å². The highest BCUT2D eigenvalue weighted by Crippen LogP contribution is 2.16. The summed E-state index contributed by atoms with van der Waals surface area (Å²) in [5, 5.41) is 3.09. The molecule has 0 amide bonds. The van der Waals surface area contributed by atoms with Gasteiger partial charge in [-0.3, -0.25) is 0 Å². The summed E-state index contributed by atoms with van der Waals surface area (Å²) < 4.78 is 18.2. The third kappa shape index (κ3) is 1.75. The lowest BCUT2D eigenvalue weighted by molar-refractivity contribution is 0.501. The second kappa shape index (κ2) is 3.75. The Morgan fingerprint density at radius 3 is 3.14 bits per heavy atom. The fourth-order valence-corrected chi connectivity index (χ4v) is 1.26. The molecule has 0 saturated carbocycles. The summed E-state index contributed by atoms with van der Waals surface area (Å²) in [6.07, 6.45) is 0. The molecular weight excluding hydrogens is 183 g/mol. The molecule has 1 N–H and O–H groups in total. The van der Waals surface area contributed by atoms with Gasteiger partial charge in [0.2, 0.25) is 5.89 Å². The van der Waals surface area contributed by atoms with Crippen molar-refractivity contribution in [3.05, 3.63) is 29.9 Å². The van der Waals surface area contributed by atoms with Crippen LogP contribution >= 0.6 is 0 Å². The third-order valence-electron chi connectivity index (χ3n) is 1.92. The zero-order chi connectivity index (χ0) is 9.97. The molecule has 0 atom stereocenters. The standard InChI is InChI=1S/C10H11FN2O/c1-2-12-6-10-13-8-5-7(11)3-4-9(8)14-10/h3-5,12H,2,6H2,1H3. The van der Waals surface area contributed by atoms with Crippen molar-refractivity contribution in [2.24, 2.45) is 0 Å². The molecule has 0 bridgehead atoms. The predicted octanol–water partition coefficient (Wildman–Crippen LogP) is 2.08. The molecule has 0 radical (unpaired) electrons. The Balaban J connectivity index is 2.32. The second-order valence-corrected chi connectivity index (χ2v) is 3.00. The number of fused-ring (bicyclic) bond motifs is 1. The molecule has 0 aliphatic carbocycles. The van der Waals surface area contributed by atoms with E-state index in [-0.39, 0.29) is 5.82 Å². The van der Waals surface area contributed by atoms with Crippen molar-refractivity contribution < 1.29 is 8.81 Å². The molecule has 3 nitrogen and oxygen atoms in total. The van der Waals surface area contributed by atoms with E-state index in [2.05, 4.69) is 10.3 Å². The molecule has 0 aliphatic heterocycles. The maximum atomic E-state index is 12.8. The van der Waals surface area contributed by atoms with Crippen LogP contribution in [0.1, 0.15) is 12.8 Å². The van der Waals surface area contributed by atoms with Gasteiger partial charge in [0.25, 0.3) is 0 Å². The number of rotatable bonds is 3. The number of nitrogens with one attached hydrogen (secondary N) is 1. The van der Waals surface area contributed by atoms with Crippen molar-refractivity contribution in [1.82, 2.24) is 10.3 Å². The van der Waals surface area contributed by atoms with Gasteiger partial charge in [-0.05, 0) is 18.7 Å². The minimum absolute atomic E-state index is 0.291. The van der Waals surface area contributed by atoms with Crippen LogP contribution in [-0.2, 0) is 6.54 Å². The van der Waals surface area contributed by atoms with Gasteiger partial charge < -0.3 is 9.73 Å². The van der Waals surface area contributed by atoms with E-state index in [1.54, 1.807) is 6.07 Å². The number of aromatic nitrogens is 1. The molecule has 2 aromatic rings. The molecule has 14 heavy (non-hydrogen) atoms. The molecule has 4 heteroatoms. The number of hydrogen-bond acceptors (Lipinski definition) is 3. The lowest BCUT2D eigenvalue weighted by atomic mass is 10.3. The molecule has 0 aliphatic rings. The zero-order valence-electron chi connectivity index (χ0n) is 7.88. The summed E-state index contributed by atoms with van der Waals surface area (Å²) in [5.74, 6) is 0.299. The molecule has 0 fully saturated rings. The maximum Gasteiger partial charge on any atom is 0.209 e. The van der Waals surface area contributed by atoms with Gasteiger partial charge in [0.05, 0.1) is 6.54 Å². The van der Waals surface area contributed by atoms with Crippen LogP contribution in [0.2, 0.25) is 0 Å². The molecular formula is C10H11FN2O. The fraction of sp³-hybridized carbons (Fsp3) is 0.300. The van der Waals surface area contributed by atoms with Crippen LogP contribution in [0.3, 0.4) is 0 Å². The molecule has 1 aromatic heterocycles. The SMILES string of the molecule is CCNCc1nc2cc(F)ccc2o1. The fourth-order valence-electron chi connectivity index (χ4n) is 1.26. The van der Waals surface area contributed by atoms with E-state index in [0.717, 1.165) is 6.54 Å². The van der Waals surface area contributed by atoms with Crippen LogP contribution in [0, 0.1) is 5.82 Å². The first-order chi connectivity index (χ1) is 6.79. The van der Waals surface area contributed by atoms with E-state index in [1.165, 1.54) is 12.1 Å². The highest BCUT2D eigenvalue weighted by Gasteiger charge is 2.05. The molecule has 1 aromatic carbocycles. The van der Waals surface area contributed by atoms with Gasteiger partial charge >= 0.3 is 0 Å². The zero-order valence-corrected chi connectivity index (χ0v) is 7.88. The van der Waals surface area contributed by atoms with Crippen LogP contribution in [0.25, 0.3) is 11.1 Å². The third-order valence-corrected chi connectivity index (χ3v) is 1.92. The number of hydrogen-bond donors (Lipinski definition) is 1. The van der Waals surface area contributed by atoms with E-state index in [1.807, 2.05) is 6.92 Å². The summed E-state index contributed by atoms with van der Waals surface area (Å²) in [4.78, 5) is 4.14. The minimum atomic E-state index is -0.291. The van der Waals surface area contributed by atoms with Gasteiger partial charge in [-0.2, -0.15) is 0 Å². The quantitative estimate of drug-likeness (QED) is 0.812. The molecule has 0 spiro atoms. The smallest absolute Gasteiger partial charge is 0.209 e. The summed E-state index contributed by atoms with van der Waals surface area (Å²) >= 11 is 0. The Bertz CT molecular complexity index is 439. The molecule has 0 unspecified atom stereocenters. The Morgan fingerprint density at radius 2 is 2.36 bits per heavy atom. The topological polar surface area (TPSA) is 38.1 Å². The van der Waals surface area contributed by atoms with Gasteiger partial charge in [0.15, 0.2) is 5.58 Å². The van der Waals surface area contributed by atoms with Crippen molar-refractivity contribution in [3.63, 3.8) is 0 Å². The van der Waals surface area contributed by atoms with E-state index in [4.69, 9.17) is 4.42 Å². The Hall–Kier alpha value is -1.42. The van der Waals surface area contributed by atoms with Gasteiger partial charge in [0, 0.05) is 6.07 Å². The van der Waals surface area contributed by atoms with E-state index in [9.17, 15) is 4.39 Å². The average Bonchev–Trinajstić information content (AvgIpc) is 2.56. The first-order valence-electron chi connectivity index (χ1n) is 4.55. The number of benzene rings is 1. The number of halogens is 1. The monoisotopic (exact) mass is 194 g/mol. The van der Waals surface area contributed by atoms with Crippen LogP contribution in [0.5, 0.6) is 0 Å². The first kappa shape index (κ1) is 9.15. The molecule has 74 valence electrons. The van der Waals surface area contributed by atoms with Crippen molar-refractivity contribution in [2.45, 2.75) is 13.5 Å². The Morgan fingerprint density at radius 1 is 1.50 bits per heavy atom. The van der Waals surface area contributed by atoms with E-state index < -0.39 is 0 Å². The minimum Gasteiger partial charge on any atom is -0.439 e. The van der Waals surface area contributed by atoms with Gasteiger partial charge in [0.1, 0.15) is 11.3 Å². The van der Waals surface area contributed by atoms with Crippen molar-refractivity contribution in [1.29, 1.82) is 0 Å². The van der Waals surface area contributed by atoms with Crippen LogP contribution in [-0.4, -0.2) is 11.5 Å². The van der Waals surface area contributed by atoms with Crippen molar-refractivity contribution in [2.75, 3.05) is 6.54 Å². The lowest BCUT2D eigenvalue weighted by Crippen LogP contribution is -2.11. The second-order valence-electron chi connectivity index (χ2n) is 3.00. The highest BCUT2D eigenvalue weighted by atomic mass is 19.1. The van der Waals surface area contributed by atoms with Crippen LogP contribution in [0.15, 0.2) is 22.6 Å². The van der Waals surface area contributed by atoms with Gasteiger partial charge in [-0.1, -0.05) is 6.92 Å². The highest BCUT2D eigenvalue weighted by molar-refractivity contribution is 5.72. The molecule has 2 rings (SSSR count). The summed E-state index contributed by atoms with van der Waals surface area (Å²) in [6, 6.07) is 4.33. The van der Waals surface area contributed by atoms with Crippen LogP contribution in [0.4, 0.5) is 4.39 Å². The Labute approximate surface area is 80.9 Å². The lowest BCUT2D eigenvalue weighted by Gasteiger charge is -1.93. The summed E-state index contributed by atoms with van der Waals surface area (Å²) in [6.45, 7) is 3.43. The normalized spacial score (nSPS) is 11.0. The largest absolute Gasteiger partial charge is 0.439 e. The first-order valence-corrected chi connectivity index (χ1v) is 4.55. The molecule has 0 saturated heterocycles. The number of nitrogens with zero attached hydrogens (tertiary/aromatic N) is 1. The maximum absolute atomic E-state index is 12.8. The molecule has 1 heterocycles. The van der Waals surface area contributed by atoms with Gasteiger partial charge in [-0.25, -0.2) is 9.37 Å². The Kier molecular flexibility index (Phi) is 2.45. The average molecular weight is 194 g/mol. The summed E-state index contributed by atoms with van der Waals surface area (Å²) in [5.41, 5.74) is 1.19.